The lowest BCUT2D eigenvalue weighted by Crippen LogP contribution is -2.32. The second-order valence-corrected chi connectivity index (χ2v) is 4.09. The van der Waals surface area contributed by atoms with E-state index in [1.165, 1.54) is 0 Å². The van der Waals surface area contributed by atoms with Gasteiger partial charge in [-0.1, -0.05) is 26.7 Å². The molecule has 0 rings (SSSR count). The van der Waals surface area contributed by atoms with Gasteiger partial charge in [-0.05, 0) is 18.8 Å². The predicted octanol–water partition coefficient (Wildman–Crippen LogP) is 2.14. The molecule has 3 nitrogen and oxygen atoms in total. The maximum Gasteiger partial charge on any atom is 0.149 e. The molecule has 1 unspecified atom stereocenters. The van der Waals surface area contributed by atoms with Crippen LogP contribution in [-0.4, -0.2) is 25.5 Å². The van der Waals surface area contributed by atoms with Crippen LogP contribution in [0.25, 0.3) is 0 Å². The summed E-state index contributed by atoms with van der Waals surface area (Å²) in [6.07, 6.45) is 4.38. The number of rotatable bonds is 9. The highest BCUT2D eigenvalue weighted by Gasteiger charge is 2.16. The van der Waals surface area contributed by atoms with Crippen molar-refractivity contribution in [2.24, 2.45) is 11.7 Å². The fraction of sp³-hybridized carbons (Fsp3) is 0.917. The Balaban J connectivity index is 3.77. The molecule has 0 aromatic rings. The van der Waals surface area contributed by atoms with E-state index in [4.69, 9.17) is 10.5 Å². The molecule has 0 heterocycles. The van der Waals surface area contributed by atoms with Gasteiger partial charge in [0.25, 0.3) is 0 Å². The van der Waals surface area contributed by atoms with Gasteiger partial charge in [-0.2, -0.15) is 0 Å². The average molecular weight is 215 g/mol. The smallest absolute Gasteiger partial charge is 0.149 e. The van der Waals surface area contributed by atoms with Crippen LogP contribution in [0.3, 0.4) is 0 Å². The van der Waals surface area contributed by atoms with Gasteiger partial charge in [0.2, 0.25) is 0 Å². The van der Waals surface area contributed by atoms with Crippen LogP contribution in [0, 0.1) is 5.92 Å². The minimum absolute atomic E-state index is 0.208. The number of nitrogens with two attached hydrogens (primary N) is 1. The quantitative estimate of drug-likeness (QED) is 0.599. The molecule has 0 bridgehead atoms. The molecule has 90 valence electrons. The van der Waals surface area contributed by atoms with E-state index in [9.17, 15) is 4.79 Å². The Hall–Kier alpha value is -0.410. The van der Waals surface area contributed by atoms with Crippen molar-refractivity contribution in [3.63, 3.8) is 0 Å². The summed E-state index contributed by atoms with van der Waals surface area (Å²) in [6, 6.07) is -0.291. The van der Waals surface area contributed by atoms with Gasteiger partial charge in [0.1, 0.15) is 5.78 Å². The highest BCUT2D eigenvalue weighted by Crippen LogP contribution is 2.14. The first-order valence-electron chi connectivity index (χ1n) is 5.92. The van der Waals surface area contributed by atoms with Gasteiger partial charge in [-0.15, -0.1) is 0 Å². The predicted molar refractivity (Wildman–Crippen MR) is 62.8 cm³/mol. The summed E-state index contributed by atoms with van der Waals surface area (Å²) in [7, 11) is 1.66. The number of carbonyl (C=O) groups is 1. The lowest BCUT2D eigenvalue weighted by Gasteiger charge is -2.15. The number of hydrogen-bond acceptors (Lipinski definition) is 3. The van der Waals surface area contributed by atoms with Crippen molar-refractivity contribution in [3.8, 4) is 0 Å². The van der Waals surface area contributed by atoms with E-state index in [0.717, 1.165) is 25.7 Å². The molecule has 0 saturated heterocycles. The Kier molecular flexibility index (Phi) is 8.62. The lowest BCUT2D eigenvalue weighted by atomic mass is 9.93. The van der Waals surface area contributed by atoms with E-state index in [1.807, 2.05) is 0 Å². The third-order valence-corrected chi connectivity index (χ3v) is 2.92. The topological polar surface area (TPSA) is 52.3 Å². The van der Waals surface area contributed by atoms with Crippen LogP contribution in [0.15, 0.2) is 0 Å². The summed E-state index contributed by atoms with van der Waals surface area (Å²) >= 11 is 0. The number of methoxy groups -OCH3 is 1. The summed E-state index contributed by atoms with van der Waals surface area (Å²) < 4.78 is 4.93. The highest BCUT2D eigenvalue weighted by molar-refractivity contribution is 5.83. The van der Waals surface area contributed by atoms with E-state index >= 15 is 0 Å². The highest BCUT2D eigenvalue weighted by atomic mass is 16.5. The number of ether oxygens (including phenoxy) is 1. The molecule has 15 heavy (non-hydrogen) atoms. The van der Waals surface area contributed by atoms with Crippen molar-refractivity contribution in [3.05, 3.63) is 0 Å². The van der Waals surface area contributed by atoms with Gasteiger partial charge in [-0.25, -0.2) is 0 Å². The van der Waals surface area contributed by atoms with Crippen LogP contribution in [0.5, 0.6) is 0 Å². The first kappa shape index (κ1) is 14.6. The average Bonchev–Trinajstić information content (AvgIpc) is 2.25. The normalized spacial score (nSPS) is 13.1. The molecule has 0 spiro atoms. The second-order valence-electron chi connectivity index (χ2n) is 4.09. The van der Waals surface area contributed by atoms with Crippen molar-refractivity contribution < 1.29 is 9.53 Å². The summed E-state index contributed by atoms with van der Waals surface area (Å²) in [4.78, 5) is 11.7. The maximum absolute atomic E-state index is 11.7. The fourth-order valence-corrected chi connectivity index (χ4v) is 1.62. The van der Waals surface area contributed by atoms with Gasteiger partial charge in [0.15, 0.2) is 0 Å². The van der Waals surface area contributed by atoms with E-state index in [0.29, 0.717) is 18.9 Å². The van der Waals surface area contributed by atoms with Crippen LogP contribution < -0.4 is 5.73 Å². The number of carbonyl (C=O) groups excluding carboxylic acids is 1. The van der Waals surface area contributed by atoms with Crippen molar-refractivity contribution in [1.82, 2.24) is 0 Å². The van der Waals surface area contributed by atoms with Crippen LogP contribution >= 0.6 is 0 Å². The zero-order chi connectivity index (χ0) is 11.7. The van der Waals surface area contributed by atoms with Crippen molar-refractivity contribution in [2.75, 3.05) is 13.7 Å². The molecule has 0 saturated carbocycles. The summed E-state index contributed by atoms with van der Waals surface area (Å²) in [6.45, 7) is 4.93. The van der Waals surface area contributed by atoms with Crippen molar-refractivity contribution >= 4 is 5.78 Å². The fourth-order valence-electron chi connectivity index (χ4n) is 1.62. The first-order valence-corrected chi connectivity index (χ1v) is 5.92. The zero-order valence-electron chi connectivity index (χ0n) is 10.3. The first-order chi connectivity index (χ1) is 7.15. The molecule has 0 aromatic heterocycles. The molecule has 0 aliphatic heterocycles. The van der Waals surface area contributed by atoms with Crippen LogP contribution in [0.2, 0.25) is 0 Å². The molecular weight excluding hydrogens is 190 g/mol. The molecule has 0 amide bonds. The Morgan fingerprint density at radius 3 is 2.40 bits per heavy atom. The van der Waals surface area contributed by atoms with Gasteiger partial charge in [0.05, 0.1) is 6.04 Å². The van der Waals surface area contributed by atoms with E-state index in [-0.39, 0.29) is 11.8 Å². The molecule has 1 atom stereocenters. The van der Waals surface area contributed by atoms with E-state index in [1.54, 1.807) is 7.11 Å². The molecule has 0 aromatic carbocycles. The zero-order valence-corrected chi connectivity index (χ0v) is 10.3. The molecular formula is C12H25NO2. The van der Waals surface area contributed by atoms with Gasteiger partial charge >= 0.3 is 0 Å². The molecule has 0 aliphatic rings. The standard InChI is InChI=1S/C12H25NO2/c1-4-10(5-2)9-12(14)11(13)7-6-8-15-3/h10-11H,4-9,13H2,1-3H3. The van der Waals surface area contributed by atoms with Gasteiger partial charge < -0.3 is 10.5 Å². The Morgan fingerprint density at radius 1 is 1.33 bits per heavy atom. The molecule has 3 heteroatoms. The number of Topliss-reactive ketones (excluding diaryl/α,β-unsaturated/α-hetero) is 1. The second kappa shape index (κ2) is 8.86. The van der Waals surface area contributed by atoms with E-state index < -0.39 is 0 Å². The van der Waals surface area contributed by atoms with Crippen molar-refractivity contribution in [2.45, 2.75) is 52.0 Å². The Bertz CT molecular complexity index is 167. The minimum atomic E-state index is -0.291. The molecule has 0 radical (unpaired) electrons. The van der Waals surface area contributed by atoms with Gasteiger partial charge in [-0.3, -0.25) is 4.79 Å². The molecule has 0 fully saturated rings. The van der Waals surface area contributed by atoms with Crippen LogP contribution in [0.4, 0.5) is 0 Å². The summed E-state index contributed by atoms with van der Waals surface area (Å²) in [5.41, 5.74) is 5.81. The van der Waals surface area contributed by atoms with Gasteiger partial charge in [0, 0.05) is 20.1 Å². The van der Waals surface area contributed by atoms with Crippen LogP contribution in [0.1, 0.15) is 46.0 Å². The lowest BCUT2D eigenvalue weighted by molar-refractivity contribution is -0.121. The monoisotopic (exact) mass is 215 g/mol. The van der Waals surface area contributed by atoms with Crippen molar-refractivity contribution in [1.29, 1.82) is 0 Å². The SMILES string of the molecule is CCC(CC)CC(=O)C(N)CCCOC. The Labute approximate surface area is 93.4 Å². The third-order valence-electron chi connectivity index (χ3n) is 2.92. The van der Waals surface area contributed by atoms with Crippen LogP contribution in [-0.2, 0) is 9.53 Å². The minimum Gasteiger partial charge on any atom is -0.385 e. The van der Waals surface area contributed by atoms with E-state index in [2.05, 4.69) is 13.8 Å². The Morgan fingerprint density at radius 2 is 1.93 bits per heavy atom. The largest absolute Gasteiger partial charge is 0.385 e. The molecule has 0 aliphatic carbocycles. The summed E-state index contributed by atoms with van der Waals surface area (Å²) in [5, 5.41) is 0. The maximum atomic E-state index is 11.7. The third kappa shape index (κ3) is 6.63. The number of hydrogen-bond donors (Lipinski definition) is 1. The molecule has 2 N–H and O–H groups in total. The number of ketones is 1. The summed E-state index contributed by atoms with van der Waals surface area (Å²) in [5.74, 6) is 0.714.